The largest absolute Gasteiger partial charge is 0.492 e. The summed E-state index contributed by atoms with van der Waals surface area (Å²) >= 11 is 0. The van der Waals surface area contributed by atoms with Crippen LogP contribution in [0.1, 0.15) is 12.8 Å². The second kappa shape index (κ2) is 13.3. The third kappa shape index (κ3) is 7.60. The fourth-order valence-corrected chi connectivity index (χ4v) is 4.16. The highest BCUT2D eigenvalue weighted by Crippen LogP contribution is 2.30. The van der Waals surface area contributed by atoms with Gasteiger partial charge in [0.15, 0.2) is 0 Å². The molecule has 0 atom stereocenters. The number of halogens is 1. The van der Waals surface area contributed by atoms with Crippen LogP contribution in [0.25, 0.3) is 0 Å². The summed E-state index contributed by atoms with van der Waals surface area (Å²) in [6.45, 7) is 4.90. The van der Waals surface area contributed by atoms with Gasteiger partial charge < -0.3 is 29.7 Å². The molecule has 11 heteroatoms. The van der Waals surface area contributed by atoms with Crippen LogP contribution in [-0.4, -0.2) is 46.4 Å². The molecule has 42 heavy (non-hydrogen) atoms. The lowest BCUT2D eigenvalue weighted by atomic mass is 10.2. The van der Waals surface area contributed by atoms with Gasteiger partial charge in [-0.15, -0.1) is 0 Å². The van der Waals surface area contributed by atoms with E-state index in [1.54, 1.807) is 47.4 Å². The summed E-state index contributed by atoms with van der Waals surface area (Å²) in [7, 11) is 0. The van der Waals surface area contributed by atoms with E-state index in [0.717, 1.165) is 18.7 Å². The highest BCUT2D eigenvalue weighted by atomic mass is 19.1. The molecule has 0 bridgehead atoms. The number of para-hydroxylation sites is 1. The Morgan fingerprint density at radius 1 is 0.976 bits per heavy atom. The Hall–Kier alpha value is -5.45. The lowest BCUT2D eigenvalue weighted by Crippen LogP contribution is -2.29. The first-order valence-corrected chi connectivity index (χ1v) is 13.2. The summed E-state index contributed by atoms with van der Waals surface area (Å²) in [5, 5.41) is 5.69. The van der Waals surface area contributed by atoms with Crippen LogP contribution in [0, 0.1) is 5.82 Å². The molecule has 2 heterocycles. The molecule has 1 fully saturated rings. The average molecular weight is 570 g/mol. The molecule has 0 spiro atoms. The molecule has 1 aromatic heterocycles. The lowest BCUT2D eigenvalue weighted by Gasteiger charge is -2.17. The first-order chi connectivity index (χ1) is 20.4. The summed E-state index contributed by atoms with van der Waals surface area (Å²) in [6, 6.07) is 20.9. The number of carbonyl (C=O) groups is 2. The summed E-state index contributed by atoms with van der Waals surface area (Å²) < 4.78 is 31.9. The van der Waals surface area contributed by atoms with Gasteiger partial charge in [0, 0.05) is 36.5 Å². The number of hydrogen-bond acceptors (Lipinski definition) is 8. The van der Waals surface area contributed by atoms with Gasteiger partial charge in [0.1, 0.15) is 29.6 Å². The normalized spacial score (nSPS) is 12.5. The molecule has 4 aromatic rings. The van der Waals surface area contributed by atoms with Gasteiger partial charge >= 0.3 is 0 Å². The van der Waals surface area contributed by atoms with Crippen molar-refractivity contribution in [3.8, 4) is 28.9 Å². The van der Waals surface area contributed by atoms with Crippen LogP contribution >= 0.6 is 0 Å². The van der Waals surface area contributed by atoms with Crippen molar-refractivity contribution in [1.29, 1.82) is 0 Å². The first kappa shape index (κ1) is 28.1. The molecule has 0 unspecified atom stereocenters. The van der Waals surface area contributed by atoms with Gasteiger partial charge in [-0.05, 0) is 55.0 Å². The number of benzene rings is 3. The van der Waals surface area contributed by atoms with Crippen molar-refractivity contribution in [2.75, 3.05) is 30.3 Å². The van der Waals surface area contributed by atoms with E-state index in [0.29, 0.717) is 53.9 Å². The van der Waals surface area contributed by atoms with E-state index in [1.165, 1.54) is 0 Å². The van der Waals surface area contributed by atoms with E-state index in [2.05, 4.69) is 27.2 Å². The Morgan fingerprint density at radius 2 is 1.69 bits per heavy atom. The highest BCUT2D eigenvalue weighted by molar-refractivity contribution is 5.99. The Kier molecular flexibility index (Phi) is 8.88. The number of likely N-dealkylation sites (tertiary alicyclic amines) is 1. The predicted octanol–water partition coefficient (Wildman–Crippen LogP) is 6.07. The standard InChI is InChI=1S/C31H28FN5O5/c1-2-28(38)34-21-17-22(19-26(18-21)40-16-15-37-14-6-9-29(37)39)35-31-33-20-27(32)30(36-31)42-25-12-10-24(11-13-25)41-23-7-4-3-5-8-23/h2-5,7-8,10-13,17-20H,1,6,9,14-16H2,(H,34,38)(H,33,35,36). The maximum Gasteiger partial charge on any atom is 0.260 e. The van der Waals surface area contributed by atoms with Crippen LogP contribution in [-0.2, 0) is 9.59 Å². The van der Waals surface area contributed by atoms with E-state index in [4.69, 9.17) is 14.2 Å². The van der Waals surface area contributed by atoms with Crippen LogP contribution in [0.15, 0.2) is 91.6 Å². The Bertz CT molecular complexity index is 1570. The minimum absolute atomic E-state index is 0.0521. The zero-order valence-corrected chi connectivity index (χ0v) is 22.6. The number of nitrogens with one attached hydrogen (secondary N) is 2. The van der Waals surface area contributed by atoms with Gasteiger partial charge in [-0.2, -0.15) is 9.37 Å². The second-order valence-electron chi connectivity index (χ2n) is 9.23. The van der Waals surface area contributed by atoms with Crippen molar-refractivity contribution in [2.24, 2.45) is 0 Å². The number of anilines is 3. The number of aromatic nitrogens is 2. The number of nitrogens with zero attached hydrogens (tertiary/aromatic N) is 3. The molecule has 1 aliphatic heterocycles. The Labute approximate surface area is 241 Å². The number of rotatable bonds is 12. The maximum atomic E-state index is 14.6. The van der Waals surface area contributed by atoms with Crippen molar-refractivity contribution >= 4 is 29.1 Å². The zero-order valence-electron chi connectivity index (χ0n) is 22.6. The summed E-state index contributed by atoms with van der Waals surface area (Å²) in [6.07, 6.45) is 3.53. The molecule has 214 valence electrons. The van der Waals surface area contributed by atoms with Crippen molar-refractivity contribution in [1.82, 2.24) is 14.9 Å². The molecule has 2 N–H and O–H groups in total. The van der Waals surface area contributed by atoms with Crippen molar-refractivity contribution < 1.29 is 28.2 Å². The van der Waals surface area contributed by atoms with E-state index >= 15 is 0 Å². The molecule has 0 saturated carbocycles. The smallest absolute Gasteiger partial charge is 0.260 e. The van der Waals surface area contributed by atoms with Gasteiger partial charge in [-0.25, -0.2) is 4.98 Å². The van der Waals surface area contributed by atoms with E-state index in [-0.39, 0.29) is 24.3 Å². The minimum atomic E-state index is -0.752. The lowest BCUT2D eigenvalue weighted by molar-refractivity contribution is -0.128. The van der Waals surface area contributed by atoms with Crippen LogP contribution in [0.3, 0.4) is 0 Å². The number of carbonyl (C=O) groups excluding carboxylic acids is 2. The van der Waals surface area contributed by atoms with Crippen molar-refractivity contribution in [2.45, 2.75) is 12.8 Å². The van der Waals surface area contributed by atoms with Gasteiger partial charge in [0.05, 0.1) is 12.7 Å². The van der Waals surface area contributed by atoms with Gasteiger partial charge in [0.2, 0.25) is 23.6 Å². The fourth-order valence-electron chi connectivity index (χ4n) is 4.16. The molecule has 0 radical (unpaired) electrons. The predicted molar refractivity (Wildman–Crippen MR) is 155 cm³/mol. The van der Waals surface area contributed by atoms with Crippen LogP contribution in [0.2, 0.25) is 0 Å². The topological polar surface area (TPSA) is 115 Å². The van der Waals surface area contributed by atoms with Crippen LogP contribution in [0.5, 0.6) is 28.9 Å². The monoisotopic (exact) mass is 569 g/mol. The van der Waals surface area contributed by atoms with E-state index in [9.17, 15) is 14.0 Å². The third-order valence-electron chi connectivity index (χ3n) is 6.15. The Balaban J connectivity index is 1.28. The maximum absolute atomic E-state index is 14.6. The molecule has 3 aromatic carbocycles. The SMILES string of the molecule is C=CC(=O)Nc1cc(Nc2ncc(F)c(Oc3ccc(Oc4ccccc4)cc3)n2)cc(OCCN2CCCC2=O)c1. The summed E-state index contributed by atoms with van der Waals surface area (Å²) in [5.74, 6) is 0.772. The molecule has 1 saturated heterocycles. The van der Waals surface area contributed by atoms with Gasteiger partial charge in [-0.3, -0.25) is 9.59 Å². The molecule has 2 amide bonds. The average Bonchev–Trinajstić information content (AvgIpc) is 3.40. The van der Waals surface area contributed by atoms with Gasteiger partial charge in [0.25, 0.3) is 5.88 Å². The van der Waals surface area contributed by atoms with E-state index < -0.39 is 11.7 Å². The highest BCUT2D eigenvalue weighted by Gasteiger charge is 2.19. The number of hydrogen-bond donors (Lipinski definition) is 2. The quantitative estimate of drug-likeness (QED) is 0.198. The number of ether oxygens (including phenoxy) is 3. The van der Waals surface area contributed by atoms with Crippen LogP contribution in [0.4, 0.5) is 21.7 Å². The second-order valence-corrected chi connectivity index (χ2v) is 9.23. The molecule has 10 nitrogen and oxygen atoms in total. The van der Waals surface area contributed by atoms with Crippen molar-refractivity contribution in [3.63, 3.8) is 0 Å². The van der Waals surface area contributed by atoms with E-state index in [1.807, 2.05) is 30.3 Å². The molecular weight excluding hydrogens is 541 g/mol. The fraction of sp³-hybridized carbons (Fsp3) is 0.161. The summed E-state index contributed by atoms with van der Waals surface area (Å²) in [4.78, 5) is 33.7. The molecular formula is C31H28FN5O5. The number of amides is 2. The zero-order chi connectivity index (χ0) is 29.3. The molecule has 5 rings (SSSR count). The van der Waals surface area contributed by atoms with Crippen LogP contribution < -0.4 is 24.8 Å². The van der Waals surface area contributed by atoms with Gasteiger partial charge in [-0.1, -0.05) is 24.8 Å². The third-order valence-corrected chi connectivity index (χ3v) is 6.15. The Morgan fingerprint density at radius 3 is 2.40 bits per heavy atom. The van der Waals surface area contributed by atoms with Crippen molar-refractivity contribution in [3.05, 3.63) is 97.5 Å². The first-order valence-electron chi connectivity index (χ1n) is 13.2. The summed E-state index contributed by atoms with van der Waals surface area (Å²) in [5.41, 5.74) is 0.887. The molecule has 0 aliphatic carbocycles. The minimum Gasteiger partial charge on any atom is -0.492 e. The molecule has 1 aliphatic rings.